The van der Waals surface area contributed by atoms with Crippen LogP contribution in [0.4, 0.5) is 9.59 Å². The lowest BCUT2D eigenvalue weighted by Gasteiger charge is -2.43. The molecule has 0 aromatic rings. The zero-order valence-electron chi connectivity index (χ0n) is 21.3. The second-order valence-corrected chi connectivity index (χ2v) is 10.5. The van der Waals surface area contributed by atoms with Crippen LogP contribution in [0.25, 0.3) is 0 Å². The van der Waals surface area contributed by atoms with Crippen molar-refractivity contribution in [3.05, 3.63) is 0 Å². The number of piperidine rings is 1. The van der Waals surface area contributed by atoms with Crippen molar-refractivity contribution in [2.45, 2.75) is 97.2 Å². The molecule has 9 nitrogen and oxygen atoms in total. The summed E-state index contributed by atoms with van der Waals surface area (Å²) in [5, 5.41) is 6.67. The van der Waals surface area contributed by atoms with E-state index in [1.54, 1.807) is 11.8 Å². The molecule has 0 radical (unpaired) electrons. The van der Waals surface area contributed by atoms with Crippen molar-refractivity contribution in [1.82, 2.24) is 15.5 Å². The Morgan fingerprint density at radius 1 is 0.970 bits per heavy atom. The van der Waals surface area contributed by atoms with Gasteiger partial charge < -0.3 is 29.7 Å². The highest BCUT2D eigenvalue weighted by Gasteiger charge is 2.41. The maximum Gasteiger partial charge on any atom is 0.410 e. The highest BCUT2D eigenvalue weighted by Crippen LogP contribution is 2.37. The van der Waals surface area contributed by atoms with Crippen molar-refractivity contribution >= 4 is 18.2 Å². The number of likely N-dealkylation sites (tertiary alicyclic amines) is 1. The van der Waals surface area contributed by atoms with Crippen molar-refractivity contribution in [1.29, 1.82) is 0 Å². The highest BCUT2D eigenvalue weighted by molar-refractivity contribution is 5.76. The van der Waals surface area contributed by atoms with Crippen LogP contribution in [0.3, 0.4) is 0 Å². The molecule has 0 bridgehead atoms. The van der Waals surface area contributed by atoms with E-state index in [1.165, 1.54) is 0 Å². The van der Waals surface area contributed by atoms with E-state index in [-0.39, 0.29) is 18.1 Å². The first-order chi connectivity index (χ1) is 15.4. The fourth-order valence-corrected chi connectivity index (χ4v) is 4.48. The molecule has 9 heteroatoms. The van der Waals surface area contributed by atoms with E-state index in [0.717, 1.165) is 25.7 Å². The van der Waals surface area contributed by atoms with Crippen molar-refractivity contribution in [2.24, 2.45) is 5.41 Å². The van der Waals surface area contributed by atoms with E-state index >= 15 is 0 Å². The molecular formula is C24H43N3O6. The van der Waals surface area contributed by atoms with Crippen molar-refractivity contribution < 1.29 is 28.6 Å². The highest BCUT2D eigenvalue weighted by atomic mass is 16.6. The molecule has 0 unspecified atom stereocenters. The van der Waals surface area contributed by atoms with Gasteiger partial charge in [0.25, 0.3) is 0 Å². The van der Waals surface area contributed by atoms with Crippen LogP contribution in [0, 0.1) is 5.41 Å². The number of esters is 1. The van der Waals surface area contributed by atoms with Crippen LogP contribution >= 0.6 is 0 Å². The predicted octanol–water partition coefficient (Wildman–Crippen LogP) is 3.60. The number of rotatable bonds is 7. The molecule has 0 spiro atoms. The Bertz CT molecular complexity index is 674. The molecule has 2 amide bonds. The van der Waals surface area contributed by atoms with E-state index < -0.39 is 22.6 Å². The van der Waals surface area contributed by atoms with Gasteiger partial charge in [-0.2, -0.15) is 0 Å². The molecule has 1 aliphatic carbocycles. The number of carbonyl (C=O) groups excluding carboxylic acids is 3. The average molecular weight is 470 g/mol. The largest absolute Gasteiger partial charge is 0.466 e. The summed E-state index contributed by atoms with van der Waals surface area (Å²) in [7, 11) is 0. The van der Waals surface area contributed by atoms with Gasteiger partial charge in [0.1, 0.15) is 5.60 Å². The second-order valence-electron chi connectivity index (χ2n) is 10.5. The third kappa shape index (κ3) is 8.05. The van der Waals surface area contributed by atoms with Gasteiger partial charge >= 0.3 is 18.2 Å². The lowest BCUT2D eigenvalue weighted by atomic mass is 9.73. The summed E-state index contributed by atoms with van der Waals surface area (Å²) >= 11 is 0. The van der Waals surface area contributed by atoms with Crippen LogP contribution in [-0.2, 0) is 19.0 Å². The van der Waals surface area contributed by atoms with Gasteiger partial charge in [0, 0.05) is 25.7 Å². The summed E-state index contributed by atoms with van der Waals surface area (Å²) in [5.74, 6) is -0.113. The average Bonchev–Trinajstić information content (AvgIpc) is 2.73. The molecule has 1 heterocycles. The van der Waals surface area contributed by atoms with Crippen molar-refractivity contribution in [3.8, 4) is 0 Å². The summed E-state index contributed by atoms with van der Waals surface area (Å²) in [4.78, 5) is 38.7. The molecular weight excluding hydrogens is 426 g/mol. The Hall–Kier alpha value is -2.03. The molecule has 2 rings (SSSR count). The first-order valence-electron chi connectivity index (χ1n) is 12.3. The molecule has 0 aromatic heterocycles. The Kier molecular flexibility index (Phi) is 9.40. The molecule has 190 valence electrons. The summed E-state index contributed by atoms with van der Waals surface area (Å²) in [6.45, 7) is 13.4. The standard InChI is InChI=1S/C24H43N3O6/c1-7-31-19(28)23(6)11-9-18(10-12-23)25-17-24(26-20(29)32-8-2)13-15-27(16-14-24)21(30)33-22(3,4)5/h18,25H,7-17H2,1-6H3,(H,26,29)/t18-,23-. The smallest absolute Gasteiger partial charge is 0.410 e. The first kappa shape index (κ1) is 27.2. The Morgan fingerprint density at radius 2 is 1.55 bits per heavy atom. The number of ether oxygens (including phenoxy) is 3. The van der Waals surface area contributed by atoms with Gasteiger partial charge in [-0.05, 0) is 80.1 Å². The molecule has 2 fully saturated rings. The topological polar surface area (TPSA) is 106 Å². The van der Waals surface area contributed by atoms with Gasteiger partial charge in [-0.1, -0.05) is 0 Å². The second kappa shape index (κ2) is 11.4. The SMILES string of the molecule is CCOC(=O)NC1(CN[C@H]2CC[C@](C)(C(=O)OCC)CC2)CCN(C(=O)OC(C)(C)C)CC1. The molecule has 2 N–H and O–H groups in total. The van der Waals surface area contributed by atoms with E-state index in [9.17, 15) is 14.4 Å². The van der Waals surface area contributed by atoms with Gasteiger partial charge in [-0.15, -0.1) is 0 Å². The molecule has 1 aliphatic heterocycles. The monoisotopic (exact) mass is 469 g/mol. The molecule has 0 aromatic carbocycles. The lowest BCUT2D eigenvalue weighted by molar-refractivity contribution is -0.156. The fraction of sp³-hybridized carbons (Fsp3) is 0.875. The predicted molar refractivity (Wildman–Crippen MR) is 125 cm³/mol. The quantitative estimate of drug-likeness (QED) is 0.433. The van der Waals surface area contributed by atoms with Gasteiger partial charge in [0.15, 0.2) is 0 Å². The zero-order chi connectivity index (χ0) is 24.7. The number of alkyl carbamates (subject to hydrolysis) is 1. The Balaban J connectivity index is 1.95. The lowest BCUT2D eigenvalue weighted by Crippen LogP contribution is -2.62. The number of hydrogen-bond acceptors (Lipinski definition) is 7. The van der Waals surface area contributed by atoms with Crippen LogP contribution in [-0.4, -0.2) is 73.1 Å². The first-order valence-corrected chi connectivity index (χ1v) is 12.3. The number of amides is 2. The summed E-state index contributed by atoms with van der Waals surface area (Å²) in [6, 6.07) is 0.261. The van der Waals surface area contributed by atoms with Gasteiger partial charge in [-0.25, -0.2) is 9.59 Å². The van der Waals surface area contributed by atoms with Gasteiger partial charge in [0.2, 0.25) is 0 Å². The van der Waals surface area contributed by atoms with Crippen LogP contribution in [0.1, 0.15) is 80.1 Å². The maximum absolute atomic E-state index is 12.5. The minimum Gasteiger partial charge on any atom is -0.466 e. The summed E-state index contributed by atoms with van der Waals surface area (Å²) in [5.41, 5.74) is -1.48. The van der Waals surface area contributed by atoms with E-state index in [1.807, 2.05) is 34.6 Å². The number of nitrogens with zero attached hydrogens (tertiary/aromatic N) is 1. The van der Waals surface area contributed by atoms with Crippen molar-refractivity contribution in [3.63, 3.8) is 0 Å². The van der Waals surface area contributed by atoms with E-state index in [2.05, 4.69) is 10.6 Å². The van der Waals surface area contributed by atoms with E-state index in [0.29, 0.717) is 45.7 Å². The van der Waals surface area contributed by atoms with E-state index in [4.69, 9.17) is 14.2 Å². The van der Waals surface area contributed by atoms with Crippen LogP contribution < -0.4 is 10.6 Å². The van der Waals surface area contributed by atoms with Crippen LogP contribution in [0.15, 0.2) is 0 Å². The molecule has 1 saturated carbocycles. The van der Waals surface area contributed by atoms with Crippen molar-refractivity contribution in [2.75, 3.05) is 32.8 Å². The zero-order valence-corrected chi connectivity index (χ0v) is 21.3. The van der Waals surface area contributed by atoms with Crippen LogP contribution in [0.2, 0.25) is 0 Å². The Morgan fingerprint density at radius 3 is 2.06 bits per heavy atom. The maximum atomic E-state index is 12.5. The van der Waals surface area contributed by atoms with Crippen LogP contribution in [0.5, 0.6) is 0 Å². The number of hydrogen-bond donors (Lipinski definition) is 2. The fourth-order valence-electron chi connectivity index (χ4n) is 4.48. The summed E-state index contributed by atoms with van der Waals surface area (Å²) < 4.78 is 15.9. The van der Waals surface area contributed by atoms with Gasteiger partial charge in [0.05, 0.1) is 24.2 Å². The van der Waals surface area contributed by atoms with Gasteiger partial charge in [-0.3, -0.25) is 4.79 Å². The minimum absolute atomic E-state index is 0.113. The molecule has 2 aliphatic rings. The summed E-state index contributed by atoms with van der Waals surface area (Å²) in [6.07, 6.45) is 3.72. The molecule has 0 atom stereocenters. The number of nitrogens with one attached hydrogen (secondary N) is 2. The normalized spacial score (nSPS) is 25.2. The number of carbonyl (C=O) groups is 3. The molecule has 33 heavy (non-hydrogen) atoms. The third-order valence-corrected chi connectivity index (χ3v) is 6.60. The third-order valence-electron chi connectivity index (χ3n) is 6.60. The minimum atomic E-state index is -0.546. The Labute approximate surface area is 198 Å². The molecule has 1 saturated heterocycles.